The summed E-state index contributed by atoms with van der Waals surface area (Å²) in [4.78, 5) is 17.2. The van der Waals surface area contributed by atoms with Crippen LogP contribution in [0.5, 0.6) is 0 Å². The quantitative estimate of drug-likeness (QED) is 0.655. The van der Waals surface area contributed by atoms with E-state index in [4.69, 9.17) is 21.4 Å². The number of hydrazone groups is 1. The number of amidine groups is 2. The molecule has 2 aliphatic rings. The number of rotatable bonds is 4. The molecule has 1 amide bonds. The largest absolute Gasteiger partial charge is 0.450 e. The number of fused-ring (bicyclic) bond motifs is 1. The van der Waals surface area contributed by atoms with Gasteiger partial charge >= 0.3 is 0 Å². The molecule has 1 aromatic carbocycles. The maximum atomic E-state index is 12.4. The number of nitrogens with one attached hydrogen (secondary N) is 1. The van der Waals surface area contributed by atoms with Crippen molar-refractivity contribution >= 4 is 72.3 Å². The van der Waals surface area contributed by atoms with Crippen LogP contribution in [0, 0.1) is 5.41 Å². The number of aliphatic imine (C=N–C) groups is 1. The average molecular weight is 481 g/mol. The van der Waals surface area contributed by atoms with Crippen LogP contribution >= 0.6 is 35.1 Å². The normalized spacial score (nSPS) is 17.9. The summed E-state index contributed by atoms with van der Waals surface area (Å²) in [7, 11) is -3.57. The van der Waals surface area contributed by atoms with Gasteiger partial charge in [-0.1, -0.05) is 30.3 Å². The van der Waals surface area contributed by atoms with Gasteiger partial charge in [0.05, 0.1) is 11.3 Å². The molecule has 8 nitrogen and oxygen atoms in total. The molecule has 3 heterocycles. The fourth-order valence-electron chi connectivity index (χ4n) is 2.45. The average Bonchev–Trinajstić information content (AvgIpc) is 3.34. The van der Waals surface area contributed by atoms with Crippen molar-refractivity contribution in [3.8, 4) is 0 Å². The summed E-state index contributed by atoms with van der Waals surface area (Å²) >= 11 is 8.02. The van der Waals surface area contributed by atoms with Crippen LogP contribution in [0.3, 0.4) is 0 Å². The maximum absolute atomic E-state index is 12.4. The lowest BCUT2D eigenvalue weighted by molar-refractivity contribution is -0.114. The Hall–Kier alpha value is -2.34. The van der Waals surface area contributed by atoms with Crippen molar-refractivity contribution in [2.75, 3.05) is 5.75 Å². The summed E-state index contributed by atoms with van der Waals surface area (Å²) in [5, 5.41) is 14.6. The van der Waals surface area contributed by atoms with Crippen LogP contribution in [0.2, 0.25) is 5.02 Å². The summed E-state index contributed by atoms with van der Waals surface area (Å²) < 4.78 is 29.6. The van der Waals surface area contributed by atoms with E-state index in [1.54, 1.807) is 24.3 Å². The van der Waals surface area contributed by atoms with Crippen LogP contribution in [0.25, 0.3) is 6.08 Å². The third-order valence-corrected chi connectivity index (χ3v) is 8.27. The van der Waals surface area contributed by atoms with E-state index in [1.807, 2.05) is 12.1 Å². The monoisotopic (exact) mass is 480 g/mol. The van der Waals surface area contributed by atoms with Crippen molar-refractivity contribution in [3.63, 3.8) is 0 Å². The van der Waals surface area contributed by atoms with Crippen LogP contribution in [0.4, 0.5) is 0 Å². The summed E-state index contributed by atoms with van der Waals surface area (Å²) in [5.74, 6) is -0.699. The summed E-state index contributed by atoms with van der Waals surface area (Å²) in [6.45, 7) is 1.50. The number of sulfone groups is 1. The topological polar surface area (TPSA) is 116 Å². The van der Waals surface area contributed by atoms with E-state index in [9.17, 15) is 13.2 Å². The second kappa shape index (κ2) is 8.06. The van der Waals surface area contributed by atoms with Crippen LogP contribution in [0.15, 0.2) is 66.5 Å². The first-order chi connectivity index (χ1) is 14.3. The van der Waals surface area contributed by atoms with Gasteiger partial charge in [0.2, 0.25) is 19.4 Å². The SMILES string of the molecule is CCS(=O)(=O)C1=NN2C(=N)/C(=C/c3ccc(Sc4ccc(Cl)cc4)o3)C(=O)N=C2S1. The molecule has 0 radical (unpaired) electrons. The Kier molecular flexibility index (Phi) is 5.62. The van der Waals surface area contributed by atoms with Gasteiger partial charge in [-0.3, -0.25) is 10.2 Å². The van der Waals surface area contributed by atoms with Crippen LogP contribution < -0.4 is 0 Å². The second-order valence-corrected chi connectivity index (χ2v) is 10.9. The first kappa shape index (κ1) is 20.9. The lowest BCUT2D eigenvalue weighted by atomic mass is 10.1. The third-order valence-electron chi connectivity index (χ3n) is 4.00. The van der Waals surface area contributed by atoms with E-state index in [0.717, 1.165) is 21.7 Å². The van der Waals surface area contributed by atoms with E-state index in [2.05, 4.69) is 10.1 Å². The first-order valence-electron chi connectivity index (χ1n) is 8.53. The molecule has 0 unspecified atom stereocenters. The molecule has 1 aromatic heterocycles. The van der Waals surface area contributed by atoms with E-state index < -0.39 is 15.7 Å². The molecule has 12 heteroatoms. The number of nitrogens with zero attached hydrogens (tertiary/aromatic N) is 3. The molecule has 0 saturated heterocycles. The highest BCUT2D eigenvalue weighted by molar-refractivity contribution is 8.42. The number of halogens is 1. The Morgan fingerprint density at radius 3 is 2.70 bits per heavy atom. The molecule has 2 aromatic rings. The van der Waals surface area contributed by atoms with Gasteiger partial charge in [-0.25, -0.2) is 8.42 Å². The molecule has 4 rings (SSSR count). The molecule has 0 bridgehead atoms. The van der Waals surface area contributed by atoms with E-state index in [1.165, 1.54) is 24.8 Å². The highest BCUT2D eigenvalue weighted by Crippen LogP contribution is 2.33. The van der Waals surface area contributed by atoms with E-state index in [-0.39, 0.29) is 26.7 Å². The maximum Gasteiger partial charge on any atom is 0.283 e. The Bertz CT molecular complexity index is 1250. The summed E-state index contributed by atoms with van der Waals surface area (Å²) in [6.07, 6.45) is 1.39. The summed E-state index contributed by atoms with van der Waals surface area (Å²) in [5.41, 5.74) is -0.0457. The first-order valence-corrected chi connectivity index (χ1v) is 12.2. The number of hydrogen-bond donors (Lipinski definition) is 1. The molecular formula is C18H13ClN4O4S3. The number of amides is 1. The fourth-order valence-corrected chi connectivity index (χ4v) is 5.52. The highest BCUT2D eigenvalue weighted by Gasteiger charge is 2.39. The molecule has 0 saturated carbocycles. The predicted molar refractivity (Wildman–Crippen MR) is 119 cm³/mol. The van der Waals surface area contributed by atoms with Crippen LogP contribution in [-0.4, -0.2) is 40.5 Å². The molecule has 30 heavy (non-hydrogen) atoms. The Balaban J connectivity index is 1.58. The van der Waals surface area contributed by atoms with Crippen LogP contribution in [-0.2, 0) is 14.6 Å². The number of thioether (sulfide) groups is 1. The van der Waals surface area contributed by atoms with E-state index in [0.29, 0.717) is 15.9 Å². The van der Waals surface area contributed by atoms with Crippen molar-refractivity contribution in [2.45, 2.75) is 16.9 Å². The Morgan fingerprint density at radius 1 is 1.27 bits per heavy atom. The lowest BCUT2D eigenvalue weighted by Gasteiger charge is -2.19. The van der Waals surface area contributed by atoms with Gasteiger partial charge in [0, 0.05) is 9.92 Å². The van der Waals surface area contributed by atoms with Gasteiger partial charge in [0.1, 0.15) is 5.76 Å². The number of hydrogen-bond acceptors (Lipinski definition) is 8. The number of carbonyl (C=O) groups excluding carboxylic acids is 1. The lowest BCUT2D eigenvalue weighted by Crippen LogP contribution is -2.35. The van der Waals surface area contributed by atoms with Crippen LogP contribution in [0.1, 0.15) is 12.7 Å². The zero-order valence-electron chi connectivity index (χ0n) is 15.3. The predicted octanol–water partition coefficient (Wildman–Crippen LogP) is 4.10. The van der Waals surface area contributed by atoms with Gasteiger partial charge in [-0.05, 0) is 54.2 Å². The highest BCUT2D eigenvalue weighted by atomic mass is 35.5. The molecule has 0 spiro atoms. The molecular weight excluding hydrogens is 468 g/mol. The fraction of sp³-hybridized carbons (Fsp3) is 0.111. The van der Waals surface area contributed by atoms with Gasteiger partial charge < -0.3 is 4.42 Å². The van der Waals surface area contributed by atoms with Crippen molar-refractivity contribution in [2.24, 2.45) is 10.1 Å². The number of carbonyl (C=O) groups is 1. The number of benzene rings is 1. The second-order valence-electron chi connectivity index (χ2n) is 6.00. The molecule has 0 aliphatic carbocycles. The molecule has 154 valence electrons. The van der Waals surface area contributed by atoms with Crippen molar-refractivity contribution < 1.29 is 17.6 Å². The van der Waals surface area contributed by atoms with Gasteiger partial charge in [0.15, 0.2) is 10.9 Å². The minimum Gasteiger partial charge on any atom is -0.450 e. The molecule has 0 fully saturated rings. The van der Waals surface area contributed by atoms with Gasteiger partial charge in [0.25, 0.3) is 5.91 Å². The minimum absolute atomic E-state index is 0.0457. The Labute approximate surface area is 185 Å². The van der Waals surface area contributed by atoms with Crippen molar-refractivity contribution in [1.82, 2.24) is 5.01 Å². The minimum atomic E-state index is -3.57. The van der Waals surface area contributed by atoms with Gasteiger partial charge in [-0.2, -0.15) is 10.0 Å². The molecule has 2 aliphatic heterocycles. The molecule has 0 atom stereocenters. The Morgan fingerprint density at radius 2 is 2.00 bits per heavy atom. The smallest absolute Gasteiger partial charge is 0.283 e. The third kappa shape index (κ3) is 4.10. The number of furan rings is 1. The standard InChI is InChI=1S/C18H13ClN4O4S3/c1-2-30(25,26)18-22-23-15(20)13(16(24)21-17(23)29-18)9-11-5-8-14(27-11)28-12-6-3-10(19)4-7-12/h3-9,20H,2H2,1H3/b13-9-,20-15?. The zero-order valence-corrected chi connectivity index (χ0v) is 18.5. The van der Waals surface area contributed by atoms with E-state index >= 15 is 0 Å². The zero-order chi connectivity index (χ0) is 21.5. The van der Waals surface area contributed by atoms with Crippen molar-refractivity contribution in [3.05, 3.63) is 52.8 Å². The van der Waals surface area contributed by atoms with Crippen molar-refractivity contribution in [1.29, 1.82) is 5.41 Å². The van der Waals surface area contributed by atoms with Gasteiger partial charge in [-0.15, -0.1) is 5.10 Å². The molecule has 1 N–H and O–H groups in total. The summed E-state index contributed by atoms with van der Waals surface area (Å²) in [6, 6.07) is 10.7.